The summed E-state index contributed by atoms with van der Waals surface area (Å²) in [7, 11) is 0. The number of carbonyl (C=O) groups is 1. The van der Waals surface area contributed by atoms with Crippen LogP contribution in [0.2, 0.25) is 0 Å². The van der Waals surface area contributed by atoms with Crippen molar-refractivity contribution in [3.63, 3.8) is 0 Å². The average molecular weight is 235 g/mol. The third-order valence-electron chi connectivity index (χ3n) is 2.90. The number of rotatable bonds is 1. The van der Waals surface area contributed by atoms with E-state index >= 15 is 0 Å². The van der Waals surface area contributed by atoms with Gasteiger partial charge < -0.3 is 10.0 Å². The van der Waals surface area contributed by atoms with Crippen molar-refractivity contribution in [2.24, 2.45) is 0 Å². The number of nitrogens with zero attached hydrogens (tertiary/aromatic N) is 1. The van der Waals surface area contributed by atoms with Gasteiger partial charge in [-0.3, -0.25) is 0 Å². The van der Waals surface area contributed by atoms with Gasteiger partial charge in [-0.15, -0.1) is 0 Å². The molecular formula is C13H14FNO2. The monoisotopic (exact) mass is 235 g/mol. The van der Waals surface area contributed by atoms with Crippen LogP contribution in [0.4, 0.5) is 9.18 Å². The molecule has 90 valence electrons. The molecule has 0 saturated carbocycles. The maximum absolute atomic E-state index is 13.0. The van der Waals surface area contributed by atoms with E-state index < -0.39 is 6.09 Å². The lowest BCUT2D eigenvalue weighted by Gasteiger charge is -2.25. The average Bonchev–Trinajstić information content (AvgIpc) is 2.29. The van der Waals surface area contributed by atoms with Crippen LogP contribution in [0.15, 0.2) is 29.8 Å². The topological polar surface area (TPSA) is 40.5 Å². The Bertz CT molecular complexity index is 446. The van der Waals surface area contributed by atoms with Crippen LogP contribution in [0, 0.1) is 5.82 Å². The second kappa shape index (κ2) is 4.99. The van der Waals surface area contributed by atoms with Crippen molar-refractivity contribution in [3.8, 4) is 0 Å². The number of likely N-dealkylation sites (tertiary alicyclic amines) is 1. The zero-order valence-electron chi connectivity index (χ0n) is 9.40. The second-order valence-electron chi connectivity index (χ2n) is 4.13. The van der Waals surface area contributed by atoms with Gasteiger partial charge in [-0.05, 0) is 30.5 Å². The van der Waals surface area contributed by atoms with Crippen molar-refractivity contribution in [1.82, 2.24) is 4.90 Å². The normalized spacial score (nSPS) is 15.8. The van der Waals surface area contributed by atoms with Crippen LogP contribution in [0.25, 0.3) is 6.08 Å². The molecule has 0 atom stereocenters. The Morgan fingerprint density at radius 3 is 2.65 bits per heavy atom. The van der Waals surface area contributed by atoms with Crippen LogP contribution in [0.5, 0.6) is 0 Å². The third-order valence-corrected chi connectivity index (χ3v) is 2.90. The number of piperidine rings is 1. The molecule has 17 heavy (non-hydrogen) atoms. The number of benzene rings is 1. The van der Waals surface area contributed by atoms with Gasteiger partial charge in [-0.2, -0.15) is 0 Å². The molecule has 1 aromatic rings. The summed E-state index contributed by atoms with van der Waals surface area (Å²) in [6.45, 7) is 1.05. The number of amides is 1. The molecule has 0 spiro atoms. The highest BCUT2D eigenvalue weighted by atomic mass is 19.1. The quantitative estimate of drug-likeness (QED) is 0.812. The highest BCUT2D eigenvalue weighted by Gasteiger charge is 2.17. The Morgan fingerprint density at radius 2 is 2.06 bits per heavy atom. The Kier molecular flexibility index (Phi) is 3.42. The molecule has 0 radical (unpaired) electrons. The first-order chi connectivity index (χ1) is 8.15. The first-order valence-corrected chi connectivity index (χ1v) is 5.58. The summed E-state index contributed by atoms with van der Waals surface area (Å²) in [5, 5.41) is 8.81. The highest BCUT2D eigenvalue weighted by Crippen LogP contribution is 2.19. The minimum Gasteiger partial charge on any atom is -0.465 e. The van der Waals surface area contributed by atoms with E-state index in [0.717, 1.165) is 18.4 Å². The highest BCUT2D eigenvalue weighted by molar-refractivity contribution is 5.65. The van der Waals surface area contributed by atoms with E-state index in [4.69, 9.17) is 5.11 Å². The predicted molar refractivity (Wildman–Crippen MR) is 63.2 cm³/mol. The fraction of sp³-hybridized carbons (Fsp3) is 0.308. The minimum absolute atomic E-state index is 0.248. The molecule has 0 bridgehead atoms. The van der Waals surface area contributed by atoms with E-state index in [-0.39, 0.29) is 5.82 Å². The smallest absolute Gasteiger partial charge is 0.407 e. The number of hydrogen-bond donors (Lipinski definition) is 1. The lowest BCUT2D eigenvalue weighted by Crippen LogP contribution is -2.35. The van der Waals surface area contributed by atoms with Crippen LogP contribution in [-0.4, -0.2) is 29.2 Å². The van der Waals surface area contributed by atoms with E-state index in [1.165, 1.54) is 22.6 Å². The molecule has 0 aromatic heterocycles. The second-order valence-corrected chi connectivity index (χ2v) is 4.13. The Labute approximate surface area is 99.2 Å². The Hall–Kier alpha value is -1.84. The standard InChI is InChI=1S/C13H14FNO2/c14-12-3-1-2-11(9-12)8-10-4-6-15(7-5-10)13(16)17/h1-3,8-9H,4-7H2,(H,16,17). The molecule has 2 rings (SSSR count). The summed E-state index contributed by atoms with van der Waals surface area (Å²) in [6.07, 6.45) is 2.53. The molecular weight excluding hydrogens is 221 g/mol. The van der Waals surface area contributed by atoms with Gasteiger partial charge in [0.05, 0.1) is 0 Å². The van der Waals surface area contributed by atoms with E-state index in [9.17, 15) is 9.18 Å². The number of carboxylic acid groups (broad SMARTS) is 1. The van der Waals surface area contributed by atoms with Crippen LogP contribution in [0.1, 0.15) is 18.4 Å². The van der Waals surface area contributed by atoms with Crippen LogP contribution in [-0.2, 0) is 0 Å². The first-order valence-electron chi connectivity index (χ1n) is 5.58. The maximum atomic E-state index is 13.0. The van der Waals surface area contributed by atoms with Crippen LogP contribution in [0.3, 0.4) is 0 Å². The van der Waals surface area contributed by atoms with E-state index in [0.29, 0.717) is 13.1 Å². The van der Waals surface area contributed by atoms with Gasteiger partial charge >= 0.3 is 6.09 Å². The summed E-state index contributed by atoms with van der Waals surface area (Å²) < 4.78 is 13.0. The van der Waals surface area contributed by atoms with Crippen molar-refractivity contribution in [2.45, 2.75) is 12.8 Å². The van der Waals surface area contributed by atoms with Crippen molar-refractivity contribution < 1.29 is 14.3 Å². The SMILES string of the molecule is O=C(O)N1CCC(=Cc2cccc(F)c2)CC1. The van der Waals surface area contributed by atoms with E-state index in [2.05, 4.69) is 0 Å². The van der Waals surface area contributed by atoms with Crippen LogP contribution < -0.4 is 0 Å². The van der Waals surface area contributed by atoms with Gasteiger partial charge in [0.2, 0.25) is 0 Å². The Balaban J connectivity index is 2.03. The molecule has 1 N–H and O–H groups in total. The summed E-state index contributed by atoms with van der Waals surface area (Å²) >= 11 is 0. The lowest BCUT2D eigenvalue weighted by molar-refractivity contribution is 0.142. The van der Waals surface area contributed by atoms with Crippen molar-refractivity contribution in [2.75, 3.05) is 13.1 Å². The molecule has 1 aliphatic heterocycles. The van der Waals surface area contributed by atoms with Gasteiger partial charge in [0.1, 0.15) is 5.82 Å². The lowest BCUT2D eigenvalue weighted by atomic mass is 10.0. The molecule has 1 saturated heterocycles. The molecule has 3 nitrogen and oxygen atoms in total. The largest absolute Gasteiger partial charge is 0.465 e. The fourth-order valence-corrected chi connectivity index (χ4v) is 1.96. The summed E-state index contributed by atoms with van der Waals surface area (Å²) in [5.41, 5.74) is 2.01. The molecule has 0 unspecified atom stereocenters. The molecule has 4 heteroatoms. The first kappa shape index (κ1) is 11.6. The zero-order chi connectivity index (χ0) is 12.3. The predicted octanol–water partition coefficient (Wildman–Crippen LogP) is 2.98. The molecule has 1 heterocycles. The summed E-state index contributed by atoms with van der Waals surface area (Å²) in [6, 6.07) is 6.42. The fourth-order valence-electron chi connectivity index (χ4n) is 1.96. The van der Waals surface area contributed by atoms with Crippen molar-refractivity contribution in [1.29, 1.82) is 0 Å². The van der Waals surface area contributed by atoms with Gasteiger partial charge in [0.15, 0.2) is 0 Å². The molecule has 1 aliphatic rings. The molecule has 1 aromatic carbocycles. The van der Waals surface area contributed by atoms with Gasteiger partial charge in [0.25, 0.3) is 0 Å². The van der Waals surface area contributed by atoms with Gasteiger partial charge in [0, 0.05) is 13.1 Å². The molecule has 1 amide bonds. The summed E-state index contributed by atoms with van der Waals surface area (Å²) in [5.74, 6) is -0.248. The number of hydrogen-bond acceptors (Lipinski definition) is 1. The maximum Gasteiger partial charge on any atom is 0.407 e. The number of halogens is 1. The van der Waals surface area contributed by atoms with Gasteiger partial charge in [-0.25, -0.2) is 9.18 Å². The van der Waals surface area contributed by atoms with E-state index in [1.807, 2.05) is 12.1 Å². The zero-order valence-corrected chi connectivity index (χ0v) is 9.40. The molecule has 1 fully saturated rings. The van der Waals surface area contributed by atoms with Gasteiger partial charge in [-0.1, -0.05) is 23.8 Å². The van der Waals surface area contributed by atoms with Crippen LogP contribution >= 0.6 is 0 Å². The Morgan fingerprint density at radius 1 is 1.35 bits per heavy atom. The van der Waals surface area contributed by atoms with E-state index in [1.54, 1.807) is 6.07 Å². The van der Waals surface area contributed by atoms with Crippen molar-refractivity contribution in [3.05, 3.63) is 41.2 Å². The molecule has 0 aliphatic carbocycles. The third kappa shape index (κ3) is 3.06. The van der Waals surface area contributed by atoms with Crippen molar-refractivity contribution >= 4 is 12.2 Å². The minimum atomic E-state index is -0.866. The summed E-state index contributed by atoms with van der Waals surface area (Å²) in [4.78, 5) is 12.1.